The molecule has 0 unspecified atom stereocenters. The largest absolute Gasteiger partial charge is 0.372 e. The first-order chi connectivity index (χ1) is 7.13. The van der Waals surface area contributed by atoms with Crippen LogP contribution >= 0.6 is 22.6 Å². The molecule has 0 radical (unpaired) electrons. The lowest BCUT2D eigenvalue weighted by Crippen LogP contribution is -2.62. The molecule has 0 N–H and O–H groups in total. The van der Waals surface area contributed by atoms with Crippen molar-refractivity contribution in [3.05, 3.63) is 16.0 Å². The van der Waals surface area contributed by atoms with Gasteiger partial charge in [-0.3, -0.25) is 0 Å². The Morgan fingerprint density at radius 3 is 2.60 bits per heavy atom. The van der Waals surface area contributed by atoms with E-state index in [1.165, 1.54) is 0 Å². The van der Waals surface area contributed by atoms with Crippen molar-refractivity contribution < 1.29 is 4.74 Å². The van der Waals surface area contributed by atoms with Gasteiger partial charge in [-0.1, -0.05) is 0 Å². The molecular formula is C10H14IN3O. The lowest BCUT2D eigenvalue weighted by molar-refractivity contribution is -0.0452. The molecule has 5 heteroatoms. The van der Waals surface area contributed by atoms with Crippen LogP contribution in [0.1, 0.15) is 13.8 Å². The van der Waals surface area contributed by atoms with Gasteiger partial charge in [0.15, 0.2) is 0 Å². The predicted molar refractivity (Wildman–Crippen MR) is 67.0 cm³/mol. The van der Waals surface area contributed by atoms with Gasteiger partial charge in [-0.25, -0.2) is 9.97 Å². The Hall–Kier alpha value is -0.430. The molecule has 0 saturated carbocycles. The quantitative estimate of drug-likeness (QED) is 0.795. The van der Waals surface area contributed by atoms with E-state index in [1.54, 1.807) is 0 Å². The van der Waals surface area contributed by atoms with Crippen molar-refractivity contribution >= 4 is 28.5 Å². The Labute approximate surface area is 103 Å². The summed E-state index contributed by atoms with van der Waals surface area (Å²) in [5, 5.41) is 0. The average Bonchev–Trinajstić information content (AvgIpc) is 2.16. The molecule has 0 aliphatic carbocycles. The molecule has 1 aliphatic heterocycles. The summed E-state index contributed by atoms with van der Waals surface area (Å²) in [5.41, 5.74) is -0.0128. The van der Waals surface area contributed by atoms with Gasteiger partial charge in [-0.2, -0.15) is 0 Å². The molecule has 1 saturated heterocycles. The van der Waals surface area contributed by atoms with Gasteiger partial charge in [0.2, 0.25) is 5.95 Å². The van der Waals surface area contributed by atoms with E-state index in [9.17, 15) is 0 Å². The first kappa shape index (κ1) is 11.1. The van der Waals surface area contributed by atoms with Crippen molar-refractivity contribution in [3.63, 3.8) is 0 Å². The minimum Gasteiger partial charge on any atom is -0.372 e. The second-order valence-corrected chi connectivity index (χ2v) is 5.19. The van der Waals surface area contributed by atoms with Crippen LogP contribution in [0.5, 0.6) is 0 Å². The third-order valence-electron chi connectivity index (χ3n) is 2.43. The average molecular weight is 319 g/mol. The normalized spacial score (nSPS) is 18.7. The predicted octanol–water partition coefficient (Wildman–Crippen LogP) is 1.70. The van der Waals surface area contributed by atoms with Crippen molar-refractivity contribution in [2.75, 3.05) is 24.6 Å². The van der Waals surface area contributed by atoms with Crippen LogP contribution in [0.2, 0.25) is 0 Å². The van der Waals surface area contributed by atoms with Crippen LogP contribution in [0.3, 0.4) is 0 Å². The summed E-state index contributed by atoms with van der Waals surface area (Å²) in [6.07, 6.45) is 3.67. The molecule has 1 aliphatic rings. The Morgan fingerprint density at radius 1 is 1.47 bits per heavy atom. The molecule has 0 aromatic carbocycles. The monoisotopic (exact) mass is 319 g/mol. The van der Waals surface area contributed by atoms with E-state index in [2.05, 4.69) is 44.4 Å². The van der Waals surface area contributed by atoms with E-state index in [-0.39, 0.29) is 5.60 Å². The molecule has 0 spiro atoms. The first-order valence-corrected chi connectivity index (χ1v) is 6.07. The summed E-state index contributed by atoms with van der Waals surface area (Å²) in [6, 6.07) is 0. The number of nitrogens with zero attached hydrogens (tertiary/aromatic N) is 3. The molecule has 2 heterocycles. The molecule has 0 bridgehead atoms. The maximum atomic E-state index is 5.64. The van der Waals surface area contributed by atoms with E-state index in [0.717, 1.165) is 29.2 Å². The molecule has 1 aromatic rings. The second-order valence-electron chi connectivity index (χ2n) is 3.94. The standard InChI is InChI=1S/C10H14IN3O/c1-3-15-10(2)6-14(7-10)9-12-4-8(11)5-13-9/h4-5H,3,6-7H2,1-2H3. The third kappa shape index (κ3) is 2.39. The van der Waals surface area contributed by atoms with Crippen LogP contribution in [0.25, 0.3) is 0 Å². The van der Waals surface area contributed by atoms with Gasteiger partial charge in [-0.15, -0.1) is 0 Å². The summed E-state index contributed by atoms with van der Waals surface area (Å²) >= 11 is 2.20. The smallest absolute Gasteiger partial charge is 0.225 e. The SMILES string of the molecule is CCOC1(C)CN(c2ncc(I)cn2)C1. The molecule has 1 aromatic heterocycles. The van der Waals surface area contributed by atoms with Crippen molar-refractivity contribution in [1.82, 2.24) is 9.97 Å². The Balaban J connectivity index is 1.97. The van der Waals surface area contributed by atoms with E-state index in [1.807, 2.05) is 19.3 Å². The highest BCUT2D eigenvalue weighted by Crippen LogP contribution is 2.27. The number of hydrogen-bond donors (Lipinski definition) is 0. The highest BCUT2D eigenvalue weighted by molar-refractivity contribution is 14.1. The zero-order valence-corrected chi connectivity index (χ0v) is 11.1. The van der Waals surface area contributed by atoms with Gasteiger partial charge in [0.1, 0.15) is 5.60 Å². The molecular weight excluding hydrogens is 305 g/mol. The molecule has 82 valence electrons. The molecule has 4 nitrogen and oxygen atoms in total. The number of hydrogen-bond acceptors (Lipinski definition) is 4. The number of halogens is 1. The Morgan fingerprint density at radius 2 is 2.07 bits per heavy atom. The van der Waals surface area contributed by atoms with E-state index in [0.29, 0.717) is 0 Å². The summed E-state index contributed by atoms with van der Waals surface area (Å²) in [4.78, 5) is 10.7. The minimum absolute atomic E-state index is 0.0128. The number of rotatable bonds is 3. The fourth-order valence-corrected chi connectivity index (χ4v) is 2.09. The molecule has 0 amide bonds. The highest BCUT2D eigenvalue weighted by atomic mass is 127. The molecule has 15 heavy (non-hydrogen) atoms. The van der Waals surface area contributed by atoms with Crippen molar-refractivity contribution in [2.45, 2.75) is 19.4 Å². The lowest BCUT2D eigenvalue weighted by atomic mass is 9.97. The van der Waals surface area contributed by atoms with Gasteiger partial charge in [-0.05, 0) is 36.4 Å². The van der Waals surface area contributed by atoms with Gasteiger partial charge < -0.3 is 9.64 Å². The zero-order chi connectivity index (χ0) is 10.9. The fraction of sp³-hybridized carbons (Fsp3) is 0.600. The summed E-state index contributed by atoms with van der Waals surface area (Å²) in [7, 11) is 0. The van der Waals surface area contributed by atoms with E-state index >= 15 is 0 Å². The first-order valence-electron chi connectivity index (χ1n) is 4.99. The van der Waals surface area contributed by atoms with Crippen LogP contribution < -0.4 is 4.90 Å². The van der Waals surface area contributed by atoms with Crippen molar-refractivity contribution in [2.24, 2.45) is 0 Å². The topological polar surface area (TPSA) is 38.2 Å². The van der Waals surface area contributed by atoms with Gasteiger partial charge in [0.25, 0.3) is 0 Å². The third-order valence-corrected chi connectivity index (χ3v) is 2.99. The highest BCUT2D eigenvalue weighted by Gasteiger charge is 2.40. The summed E-state index contributed by atoms with van der Waals surface area (Å²) < 4.78 is 6.70. The Kier molecular flexibility index (Phi) is 3.11. The lowest BCUT2D eigenvalue weighted by Gasteiger charge is -2.47. The number of anilines is 1. The minimum atomic E-state index is -0.0128. The van der Waals surface area contributed by atoms with Crippen LogP contribution in [0.4, 0.5) is 5.95 Å². The molecule has 2 rings (SSSR count). The molecule has 0 atom stereocenters. The summed E-state index contributed by atoms with van der Waals surface area (Å²) in [5.74, 6) is 0.799. The van der Waals surface area contributed by atoms with Crippen LogP contribution in [0.15, 0.2) is 12.4 Å². The van der Waals surface area contributed by atoms with E-state index < -0.39 is 0 Å². The number of aromatic nitrogens is 2. The van der Waals surface area contributed by atoms with Crippen LogP contribution in [-0.2, 0) is 4.74 Å². The zero-order valence-electron chi connectivity index (χ0n) is 8.90. The number of ether oxygens (including phenoxy) is 1. The van der Waals surface area contributed by atoms with Crippen molar-refractivity contribution in [3.8, 4) is 0 Å². The van der Waals surface area contributed by atoms with Crippen molar-refractivity contribution in [1.29, 1.82) is 0 Å². The fourth-order valence-electron chi connectivity index (χ4n) is 1.81. The van der Waals surface area contributed by atoms with Gasteiger partial charge in [0.05, 0.1) is 13.1 Å². The van der Waals surface area contributed by atoms with E-state index in [4.69, 9.17) is 4.74 Å². The maximum absolute atomic E-state index is 5.64. The molecule has 1 fully saturated rings. The van der Waals surface area contributed by atoms with Crippen LogP contribution in [0, 0.1) is 3.57 Å². The van der Waals surface area contributed by atoms with Gasteiger partial charge >= 0.3 is 0 Å². The second kappa shape index (κ2) is 4.21. The Bertz CT molecular complexity index is 335. The van der Waals surface area contributed by atoms with Crippen LogP contribution in [-0.4, -0.2) is 35.3 Å². The maximum Gasteiger partial charge on any atom is 0.225 e. The van der Waals surface area contributed by atoms with Gasteiger partial charge in [0, 0.05) is 22.6 Å². The summed E-state index contributed by atoms with van der Waals surface area (Å²) in [6.45, 7) is 6.66.